The molecule has 8 heteroatoms. The minimum Gasteiger partial charge on any atom is -0.500 e. The Kier molecular flexibility index (Phi) is 5.24. The Morgan fingerprint density at radius 1 is 1.38 bits per heavy atom. The van der Waals surface area contributed by atoms with E-state index in [0.717, 1.165) is 9.32 Å². The highest BCUT2D eigenvalue weighted by atomic mass is 127. The van der Waals surface area contributed by atoms with Gasteiger partial charge in [-0.2, -0.15) is 0 Å². The van der Waals surface area contributed by atoms with E-state index >= 15 is 0 Å². The van der Waals surface area contributed by atoms with Gasteiger partial charge in [0.2, 0.25) is 0 Å². The van der Waals surface area contributed by atoms with Crippen LogP contribution in [-0.4, -0.2) is 33.9 Å². The van der Waals surface area contributed by atoms with Gasteiger partial charge in [-0.05, 0) is 35.6 Å². The number of fused-ring (bicyclic) bond motifs is 4. The van der Waals surface area contributed by atoms with E-state index in [1.165, 1.54) is 12.5 Å². The molecule has 0 spiro atoms. The van der Waals surface area contributed by atoms with Crippen LogP contribution in [0.15, 0.2) is 30.8 Å². The third kappa shape index (κ3) is 3.99. The number of hydrogen-bond donors (Lipinski definition) is 2. The van der Waals surface area contributed by atoms with Crippen molar-refractivity contribution in [1.82, 2.24) is 15.0 Å². The second-order valence-corrected chi connectivity index (χ2v) is 6.36. The zero-order valence-electron chi connectivity index (χ0n) is 13.0. The Balaban J connectivity index is 2.01. The standard InChI is InChI=1S/C16H16IN5O2/c1-10-3-5-23-9-11(7-18)16-19-4-2-14(22-16)21-15-6-13(24-10)12(17)8-20-15/h2,4,6-10,18H,3,5H2,1H3,(H,19,20,21,22)/t10-/m0/s1. The van der Waals surface area contributed by atoms with E-state index in [0.29, 0.717) is 36.1 Å². The van der Waals surface area contributed by atoms with Crippen molar-refractivity contribution in [2.45, 2.75) is 19.4 Å². The van der Waals surface area contributed by atoms with Crippen molar-refractivity contribution in [3.05, 3.63) is 40.2 Å². The summed E-state index contributed by atoms with van der Waals surface area (Å²) in [6.45, 7) is 2.47. The molecule has 3 heterocycles. The first-order valence-electron chi connectivity index (χ1n) is 7.40. The maximum absolute atomic E-state index is 7.53. The number of aromatic nitrogens is 3. The molecular formula is C16H16IN5O2. The van der Waals surface area contributed by atoms with E-state index < -0.39 is 0 Å². The van der Waals surface area contributed by atoms with Crippen LogP contribution < -0.4 is 10.1 Å². The highest BCUT2D eigenvalue weighted by molar-refractivity contribution is 14.1. The number of allylic oxidation sites excluding steroid dienone is 1. The molecule has 7 nitrogen and oxygen atoms in total. The van der Waals surface area contributed by atoms with Crippen molar-refractivity contribution in [2.24, 2.45) is 0 Å². The molecule has 4 bridgehead atoms. The molecular weight excluding hydrogens is 421 g/mol. The first-order valence-corrected chi connectivity index (χ1v) is 8.48. The van der Waals surface area contributed by atoms with Gasteiger partial charge in [0.05, 0.1) is 28.1 Å². The van der Waals surface area contributed by atoms with Crippen LogP contribution in [0.2, 0.25) is 0 Å². The van der Waals surface area contributed by atoms with Gasteiger partial charge in [0.1, 0.15) is 17.4 Å². The lowest BCUT2D eigenvalue weighted by atomic mass is 10.3. The molecule has 2 N–H and O–H groups in total. The molecule has 3 rings (SSSR count). The summed E-state index contributed by atoms with van der Waals surface area (Å²) >= 11 is 2.20. The van der Waals surface area contributed by atoms with Gasteiger partial charge in [-0.25, -0.2) is 15.0 Å². The lowest BCUT2D eigenvalue weighted by Gasteiger charge is -2.17. The molecule has 1 aliphatic rings. The summed E-state index contributed by atoms with van der Waals surface area (Å²) in [5.74, 6) is 2.40. The van der Waals surface area contributed by atoms with Gasteiger partial charge in [-0.15, -0.1) is 0 Å². The predicted molar refractivity (Wildman–Crippen MR) is 99.7 cm³/mol. The third-order valence-electron chi connectivity index (χ3n) is 3.33. The molecule has 124 valence electrons. The molecule has 0 aliphatic carbocycles. The van der Waals surface area contributed by atoms with Crippen LogP contribution in [0, 0.1) is 8.98 Å². The highest BCUT2D eigenvalue weighted by Gasteiger charge is 2.12. The maximum atomic E-state index is 7.53. The van der Waals surface area contributed by atoms with E-state index in [9.17, 15) is 0 Å². The molecule has 0 saturated carbocycles. The number of halogens is 1. The van der Waals surface area contributed by atoms with E-state index in [2.05, 4.69) is 42.9 Å². The molecule has 0 saturated heterocycles. The molecule has 0 aromatic carbocycles. The fourth-order valence-corrected chi connectivity index (χ4v) is 2.51. The zero-order chi connectivity index (χ0) is 16.9. The minimum absolute atomic E-state index is 0.0115. The van der Waals surface area contributed by atoms with Crippen LogP contribution in [0.25, 0.3) is 5.57 Å². The molecule has 0 radical (unpaired) electrons. The summed E-state index contributed by atoms with van der Waals surface area (Å²) in [5, 5.41) is 10.7. The number of hydrogen-bond acceptors (Lipinski definition) is 7. The molecule has 2 aromatic rings. The van der Waals surface area contributed by atoms with Crippen molar-refractivity contribution in [3.63, 3.8) is 0 Å². The smallest absolute Gasteiger partial charge is 0.166 e. The summed E-state index contributed by atoms with van der Waals surface area (Å²) in [5.41, 5.74) is 0.500. The van der Waals surface area contributed by atoms with Gasteiger partial charge in [-0.3, -0.25) is 0 Å². The number of pyridine rings is 1. The van der Waals surface area contributed by atoms with Crippen LogP contribution >= 0.6 is 22.6 Å². The van der Waals surface area contributed by atoms with E-state index in [-0.39, 0.29) is 6.10 Å². The first kappa shape index (κ1) is 16.6. The largest absolute Gasteiger partial charge is 0.500 e. The molecule has 1 aliphatic heterocycles. The Morgan fingerprint density at radius 2 is 2.25 bits per heavy atom. The minimum atomic E-state index is -0.0115. The summed E-state index contributed by atoms with van der Waals surface area (Å²) in [6.07, 6.45) is 6.75. The van der Waals surface area contributed by atoms with E-state index in [4.69, 9.17) is 14.9 Å². The molecule has 2 aromatic heterocycles. The van der Waals surface area contributed by atoms with Crippen molar-refractivity contribution in [3.8, 4) is 5.75 Å². The second-order valence-electron chi connectivity index (χ2n) is 5.20. The Bertz CT molecular complexity index is 781. The average Bonchev–Trinajstić information content (AvgIpc) is 2.57. The van der Waals surface area contributed by atoms with Crippen molar-refractivity contribution in [1.29, 1.82) is 5.41 Å². The highest BCUT2D eigenvalue weighted by Crippen LogP contribution is 2.26. The number of nitrogens with zero attached hydrogens (tertiary/aromatic N) is 3. The Morgan fingerprint density at radius 3 is 3.08 bits per heavy atom. The van der Waals surface area contributed by atoms with Crippen LogP contribution in [0.4, 0.5) is 11.6 Å². The fourth-order valence-electron chi connectivity index (χ4n) is 2.09. The van der Waals surface area contributed by atoms with Gasteiger partial charge in [-0.1, -0.05) is 0 Å². The Labute approximate surface area is 153 Å². The monoisotopic (exact) mass is 437 g/mol. The van der Waals surface area contributed by atoms with Gasteiger partial charge < -0.3 is 20.2 Å². The van der Waals surface area contributed by atoms with Crippen molar-refractivity contribution in [2.75, 3.05) is 11.9 Å². The maximum Gasteiger partial charge on any atom is 0.166 e. The summed E-state index contributed by atoms with van der Waals surface area (Å²) in [4.78, 5) is 12.9. The number of rotatable bonds is 1. The Hall–Kier alpha value is -2.23. The van der Waals surface area contributed by atoms with Gasteiger partial charge in [0.15, 0.2) is 5.82 Å². The lowest BCUT2D eigenvalue weighted by molar-refractivity contribution is 0.156. The SMILES string of the molecule is C[C@H]1CCOC=C(C=N)c2nccc(n2)Nc2cc(c(I)cn2)O1. The number of ether oxygens (including phenoxy) is 2. The topological polar surface area (TPSA) is 93.0 Å². The normalized spacial score (nSPS) is 17.4. The lowest BCUT2D eigenvalue weighted by Crippen LogP contribution is -2.15. The molecule has 0 fully saturated rings. The number of anilines is 2. The van der Waals surface area contributed by atoms with Gasteiger partial charge in [0.25, 0.3) is 0 Å². The summed E-state index contributed by atoms with van der Waals surface area (Å²) < 4.78 is 12.4. The molecule has 0 amide bonds. The molecule has 24 heavy (non-hydrogen) atoms. The van der Waals surface area contributed by atoms with Crippen molar-refractivity contribution < 1.29 is 9.47 Å². The average molecular weight is 437 g/mol. The predicted octanol–water partition coefficient (Wildman–Crippen LogP) is 3.40. The fraction of sp³-hybridized carbons (Fsp3) is 0.250. The third-order valence-corrected chi connectivity index (χ3v) is 4.14. The van der Waals surface area contributed by atoms with Crippen LogP contribution in [0.1, 0.15) is 19.2 Å². The van der Waals surface area contributed by atoms with Gasteiger partial charge >= 0.3 is 0 Å². The second kappa shape index (κ2) is 7.56. The van der Waals surface area contributed by atoms with E-state index in [1.807, 2.05) is 13.0 Å². The summed E-state index contributed by atoms with van der Waals surface area (Å²) in [7, 11) is 0. The van der Waals surface area contributed by atoms with Crippen LogP contribution in [0.3, 0.4) is 0 Å². The zero-order valence-corrected chi connectivity index (χ0v) is 15.1. The van der Waals surface area contributed by atoms with E-state index in [1.54, 1.807) is 18.5 Å². The van der Waals surface area contributed by atoms with Gasteiger partial charge in [0, 0.05) is 31.1 Å². The summed E-state index contributed by atoms with van der Waals surface area (Å²) in [6, 6.07) is 3.58. The van der Waals surface area contributed by atoms with Crippen LogP contribution in [-0.2, 0) is 4.74 Å². The first-order chi connectivity index (χ1) is 11.7. The van der Waals surface area contributed by atoms with Crippen molar-refractivity contribution >= 4 is 46.0 Å². The molecule has 1 atom stereocenters. The quantitative estimate of drug-likeness (QED) is 0.525. The number of nitrogens with one attached hydrogen (secondary N) is 2. The molecule has 0 unspecified atom stereocenters. The van der Waals surface area contributed by atoms with Crippen LogP contribution in [0.5, 0.6) is 5.75 Å².